The third-order valence-electron chi connectivity index (χ3n) is 3.50. The van der Waals surface area contributed by atoms with Crippen molar-refractivity contribution in [1.82, 2.24) is 4.98 Å². The number of aryl methyl sites for hydroxylation is 1. The molecule has 5 nitrogen and oxygen atoms in total. The topological polar surface area (TPSA) is 79.3 Å². The van der Waals surface area contributed by atoms with Gasteiger partial charge in [-0.25, -0.2) is 4.98 Å². The average Bonchev–Trinajstić information content (AvgIpc) is 2.55. The molecule has 2 N–H and O–H groups in total. The highest BCUT2D eigenvalue weighted by molar-refractivity contribution is 7.85. The summed E-state index contributed by atoms with van der Waals surface area (Å²) in [6.45, 7) is 1.67. The van der Waals surface area contributed by atoms with Gasteiger partial charge in [0.05, 0.1) is 4.90 Å². The second-order valence-corrected chi connectivity index (χ2v) is 6.76. The zero-order valence-electron chi connectivity index (χ0n) is 13.0. The first-order valence-electron chi connectivity index (χ1n) is 7.31. The molecule has 0 unspecified atom stereocenters. The maximum Gasteiger partial charge on any atom is 0.294 e. The Kier molecular flexibility index (Phi) is 4.33. The first-order chi connectivity index (χ1) is 11.4. The zero-order valence-corrected chi connectivity index (χ0v) is 13.8. The van der Waals surface area contributed by atoms with Gasteiger partial charge in [-0.3, -0.25) is 4.55 Å². The molecule has 1 aromatic heterocycles. The number of hydrogen-bond donors (Lipinski definition) is 2. The third-order valence-corrected chi connectivity index (χ3v) is 4.33. The molecule has 0 atom stereocenters. The number of para-hydroxylation sites is 1. The number of nitrogens with zero attached hydrogens (tertiary/aromatic N) is 1. The van der Waals surface area contributed by atoms with Crippen molar-refractivity contribution >= 4 is 21.6 Å². The van der Waals surface area contributed by atoms with Crippen LogP contribution < -0.4 is 5.32 Å². The lowest BCUT2D eigenvalue weighted by molar-refractivity contribution is 0.483. The van der Waals surface area contributed by atoms with Crippen molar-refractivity contribution in [3.8, 4) is 11.1 Å². The number of benzene rings is 2. The molecule has 0 bridgehead atoms. The summed E-state index contributed by atoms with van der Waals surface area (Å²) in [6, 6.07) is 20.1. The Morgan fingerprint density at radius 1 is 0.958 bits per heavy atom. The summed E-state index contributed by atoms with van der Waals surface area (Å²) >= 11 is 0. The molecule has 0 amide bonds. The van der Waals surface area contributed by atoms with Gasteiger partial charge in [-0.15, -0.1) is 0 Å². The number of aromatic nitrogens is 1. The van der Waals surface area contributed by atoms with Gasteiger partial charge in [-0.05, 0) is 24.6 Å². The summed E-state index contributed by atoms with van der Waals surface area (Å²) in [5.41, 5.74) is 3.28. The van der Waals surface area contributed by atoms with E-state index in [1.165, 1.54) is 12.1 Å². The molecule has 0 spiro atoms. The summed E-state index contributed by atoms with van der Waals surface area (Å²) in [5.74, 6) is 0.353. The lowest BCUT2D eigenvalue weighted by Crippen LogP contribution is -2.03. The molecule has 6 heteroatoms. The molecule has 24 heavy (non-hydrogen) atoms. The molecule has 1 heterocycles. The van der Waals surface area contributed by atoms with Crippen LogP contribution in [-0.4, -0.2) is 18.0 Å². The molecular weight excluding hydrogens is 324 g/mol. The smallest absolute Gasteiger partial charge is 0.294 e. The monoisotopic (exact) mass is 340 g/mol. The van der Waals surface area contributed by atoms with E-state index in [2.05, 4.69) is 10.3 Å². The molecule has 0 aliphatic rings. The largest absolute Gasteiger partial charge is 0.340 e. The summed E-state index contributed by atoms with van der Waals surface area (Å²) in [4.78, 5) is 4.11. The average molecular weight is 340 g/mol. The summed E-state index contributed by atoms with van der Waals surface area (Å²) < 4.78 is 32.0. The maximum atomic E-state index is 11.4. The number of rotatable bonds is 4. The van der Waals surface area contributed by atoms with Gasteiger partial charge in [0, 0.05) is 23.0 Å². The van der Waals surface area contributed by atoms with Crippen LogP contribution in [0, 0.1) is 6.92 Å². The predicted molar refractivity (Wildman–Crippen MR) is 93.9 cm³/mol. The number of hydrogen-bond acceptors (Lipinski definition) is 4. The van der Waals surface area contributed by atoms with Crippen LogP contribution in [0.15, 0.2) is 71.6 Å². The Bertz CT molecular complexity index is 971. The summed E-state index contributed by atoms with van der Waals surface area (Å²) in [6.07, 6.45) is 0. The molecule has 0 aliphatic heterocycles. The van der Waals surface area contributed by atoms with E-state index in [-0.39, 0.29) is 4.90 Å². The quantitative estimate of drug-likeness (QED) is 0.701. The van der Waals surface area contributed by atoms with Crippen molar-refractivity contribution < 1.29 is 13.0 Å². The van der Waals surface area contributed by atoms with Crippen molar-refractivity contribution in [3.05, 3.63) is 72.4 Å². The van der Waals surface area contributed by atoms with E-state index in [9.17, 15) is 13.0 Å². The Morgan fingerprint density at radius 2 is 1.62 bits per heavy atom. The number of nitrogens with one attached hydrogen (secondary N) is 1. The van der Waals surface area contributed by atoms with Gasteiger partial charge < -0.3 is 5.32 Å². The predicted octanol–water partition coefficient (Wildman–Crippen LogP) is 4.05. The van der Waals surface area contributed by atoms with Gasteiger partial charge in [0.15, 0.2) is 0 Å². The Morgan fingerprint density at radius 3 is 2.33 bits per heavy atom. The van der Waals surface area contributed by atoms with E-state index < -0.39 is 10.1 Å². The molecule has 0 saturated heterocycles. The Hall–Kier alpha value is -2.70. The minimum atomic E-state index is -4.28. The van der Waals surface area contributed by atoms with Crippen LogP contribution in [0.25, 0.3) is 11.1 Å². The van der Waals surface area contributed by atoms with Gasteiger partial charge in [0.25, 0.3) is 10.1 Å². The van der Waals surface area contributed by atoms with Crippen LogP contribution in [0.4, 0.5) is 11.5 Å². The van der Waals surface area contributed by atoms with E-state index in [0.29, 0.717) is 11.5 Å². The molecule has 0 aliphatic carbocycles. The third kappa shape index (κ3) is 3.61. The minimum Gasteiger partial charge on any atom is -0.340 e. The first-order valence-corrected chi connectivity index (χ1v) is 8.75. The van der Waals surface area contributed by atoms with Crippen molar-refractivity contribution in [2.24, 2.45) is 0 Å². The fraction of sp³-hybridized carbons (Fsp3) is 0.0556. The standard InChI is InChI=1S/C18H16N2O3S/c1-13-11-15(24(21,22)23)12-18(19-13)20-17-10-6-5-9-16(17)14-7-3-2-4-8-14/h2-12H,1H3,(H,19,20)(H,21,22,23). The van der Waals surface area contributed by atoms with Crippen LogP contribution in [0.1, 0.15) is 5.69 Å². The van der Waals surface area contributed by atoms with E-state index in [1.54, 1.807) is 6.92 Å². The molecular formula is C18H16N2O3S. The van der Waals surface area contributed by atoms with Crippen molar-refractivity contribution in [2.75, 3.05) is 5.32 Å². The van der Waals surface area contributed by atoms with Crippen molar-refractivity contribution in [2.45, 2.75) is 11.8 Å². The number of pyridine rings is 1. The van der Waals surface area contributed by atoms with Crippen LogP contribution in [-0.2, 0) is 10.1 Å². The van der Waals surface area contributed by atoms with Gasteiger partial charge in [0.2, 0.25) is 0 Å². The van der Waals surface area contributed by atoms with E-state index in [4.69, 9.17) is 0 Å². The Labute approximate surface area is 140 Å². The van der Waals surface area contributed by atoms with E-state index in [0.717, 1.165) is 16.8 Å². The normalized spacial score (nSPS) is 11.2. The lowest BCUT2D eigenvalue weighted by atomic mass is 10.0. The van der Waals surface area contributed by atoms with E-state index >= 15 is 0 Å². The molecule has 0 radical (unpaired) electrons. The molecule has 0 saturated carbocycles. The lowest BCUT2D eigenvalue weighted by Gasteiger charge is -2.13. The van der Waals surface area contributed by atoms with E-state index in [1.807, 2.05) is 54.6 Å². The van der Waals surface area contributed by atoms with Gasteiger partial charge >= 0.3 is 0 Å². The second-order valence-electron chi connectivity index (χ2n) is 5.34. The summed E-state index contributed by atoms with van der Waals surface area (Å²) in [7, 11) is -4.28. The second kappa shape index (κ2) is 6.43. The van der Waals surface area contributed by atoms with Crippen molar-refractivity contribution in [3.63, 3.8) is 0 Å². The minimum absolute atomic E-state index is 0.185. The molecule has 2 aromatic carbocycles. The van der Waals surface area contributed by atoms with Crippen LogP contribution in [0.5, 0.6) is 0 Å². The Balaban J connectivity index is 2.03. The van der Waals surface area contributed by atoms with Gasteiger partial charge in [-0.2, -0.15) is 8.42 Å². The van der Waals surface area contributed by atoms with Crippen molar-refractivity contribution in [1.29, 1.82) is 0 Å². The van der Waals surface area contributed by atoms with Crippen LogP contribution >= 0.6 is 0 Å². The SMILES string of the molecule is Cc1cc(S(=O)(=O)O)cc(Nc2ccccc2-c2ccccc2)n1. The molecule has 122 valence electrons. The maximum absolute atomic E-state index is 11.4. The first kappa shape index (κ1) is 16.2. The summed E-state index contributed by atoms with van der Waals surface area (Å²) in [5, 5.41) is 3.14. The highest BCUT2D eigenvalue weighted by Gasteiger charge is 2.13. The van der Waals surface area contributed by atoms with Crippen LogP contribution in [0.2, 0.25) is 0 Å². The molecule has 3 rings (SSSR count). The van der Waals surface area contributed by atoms with Crippen LogP contribution in [0.3, 0.4) is 0 Å². The number of anilines is 2. The molecule has 0 fully saturated rings. The fourth-order valence-electron chi connectivity index (χ4n) is 2.45. The highest BCUT2D eigenvalue weighted by Crippen LogP contribution is 2.30. The zero-order chi connectivity index (χ0) is 17.2. The molecule has 3 aromatic rings. The van der Waals surface area contributed by atoms with Gasteiger partial charge in [-0.1, -0.05) is 48.5 Å². The van der Waals surface area contributed by atoms with Gasteiger partial charge in [0.1, 0.15) is 5.82 Å². The fourth-order valence-corrected chi connectivity index (χ4v) is 3.03. The highest BCUT2D eigenvalue weighted by atomic mass is 32.2.